The zero-order chi connectivity index (χ0) is 9.97. The fraction of sp³-hybridized carbons (Fsp3) is 0.455. The molecule has 2 rings (SSSR count). The highest BCUT2D eigenvalue weighted by Gasteiger charge is 2.15. The Balaban J connectivity index is 2.30. The molecule has 14 heavy (non-hydrogen) atoms. The van der Waals surface area contributed by atoms with E-state index in [9.17, 15) is 0 Å². The summed E-state index contributed by atoms with van der Waals surface area (Å²) in [5.74, 6) is 0. The van der Waals surface area contributed by atoms with E-state index in [1.54, 1.807) is 0 Å². The van der Waals surface area contributed by atoms with E-state index in [1.165, 1.54) is 11.3 Å². The largest absolute Gasteiger partial charge is 0.399 e. The minimum Gasteiger partial charge on any atom is -0.399 e. The zero-order valence-electron chi connectivity index (χ0n) is 8.24. The summed E-state index contributed by atoms with van der Waals surface area (Å²) in [4.78, 5) is 2.22. The van der Waals surface area contributed by atoms with E-state index in [0.29, 0.717) is 0 Å². The molecular formula is C11H16N2O. The molecule has 1 aromatic carbocycles. The van der Waals surface area contributed by atoms with Gasteiger partial charge in [0, 0.05) is 24.5 Å². The minimum atomic E-state index is 0.212. The van der Waals surface area contributed by atoms with Crippen molar-refractivity contribution >= 4 is 11.4 Å². The van der Waals surface area contributed by atoms with Crippen LogP contribution >= 0.6 is 0 Å². The van der Waals surface area contributed by atoms with E-state index in [4.69, 9.17) is 10.8 Å². The van der Waals surface area contributed by atoms with Gasteiger partial charge in [-0.1, -0.05) is 0 Å². The third kappa shape index (κ3) is 1.68. The summed E-state index contributed by atoms with van der Waals surface area (Å²) in [7, 11) is 0. The number of anilines is 2. The number of aliphatic hydroxyl groups excluding tert-OH is 1. The van der Waals surface area contributed by atoms with Gasteiger partial charge in [-0.05, 0) is 36.6 Å². The molecule has 0 amide bonds. The van der Waals surface area contributed by atoms with Gasteiger partial charge in [0.2, 0.25) is 0 Å². The Labute approximate surface area is 84.1 Å². The van der Waals surface area contributed by atoms with Gasteiger partial charge in [0.05, 0.1) is 6.61 Å². The summed E-state index contributed by atoms with van der Waals surface area (Å²) in [5, 5.41) is 8.93. The molecule has 3 nitrogen and oxygen atoms in total. The summed E-state index contributed by atoms with van der Waals surface area (Å²) >= 11 is 0. The molecule has 1 aromatic rings. The maximum Gasteiger partial charge on any atom is 0.0606 e. The highest BCUT2D eigenvalue weighted by atomic mass is 16.3. The van der Waals surface area contributed by atoms with Crippen LogP contribution in [-0.4, -0.2) is 24.8 Å². The van der Waals surface area contributed by atoms with Crippen molar-refractivity contribution in [3.05, 3.63) is 23.8 Å². The summed E-state index contributed by atoms with van der Waals surface area (Å²) < 4.78 is 0. The normalized spacial score (nSPS) is 15.4. The summed E-state index contributed by atoms with van der Waals surface area (Å²) in [6.07, 6.45) is 2.25. The molecule has 0 saturated carbocycles. The van der Waals surface area contributed by atoms with Gasteiger partial charge in [-0.15, -0.1) is 0 Å². The number of aryl methyl sites for hydroxylation is 1. The van der Waals surface area contributed by atoms with E-state index in [-0.39, 0.29) is 6.61 Å². The predicted molar refractivity (Wildman–Crippen MR) is 58.5 cm³/mol. The lowest BCUT2D eigenvalue weighted by Crippen LogP contribution is -2.31. The van der Waals surface area contributed by atoms with Gasteiger partial charge in [0.25, 0.3) is 0 Å². The topological polar surface area (TPSA) is 49.5 Å². The smallest absolute Gasteiger partial charge is 0.0606 e. The highest BCUT2D eigenvalue weighted by molar-refractivity contribution is 5.61. The molecule has 0 fully saturated rings. The Morgan fingerprint density at radius 3 is 3.07 bits per heavy atom. The van der Waals surface area contributed by atoms with Crippen molar-refractivity contribution in [3.63, 3.8) is 0 Å². The standard InChI is InChI=1S/C11H16N2O/c12-10-3-4-11-9(8-10)2-1-5-13(11)6-7-14/h3-4,8,14H,1-2,5-7,12H2. The SMILES string of the molecule is Nc1ccc2c(c1)CCCN2CCO. The fourth-order valence-corrected chi connectivity index (χ4v) is 2.05. The van der Waals surface area contributed by atoms with Crippen molar-refractivity contribution in [2.75, 3.05) is 30.3 Å². The number of hydrogen-bond donors (Lipinski definition) is 2. The van der Waals surface area contributed by atoms with Gasteiger partial charge in [-0.2, -0.15) is 0 Å². The van der Waals surface area contributed by atoms with Gasteiger partial charge in [-0.3, -0.25) is 0 Å². The molecule has 3 heteroatoms. The second kappa shape index (κ2) is 3.88. The van der Waals surface area contributed by atoms with Crippen LogP contribution < -0.4 is 10.6 Å². The zero-order valence-corrected chi connectivity index (χ0v) is 8.24. The van der Waals surface area contributed by atoms with Gasteiger partial charge in [0.1, 0.15) is 0 Å². The first-order valence-electron chi connectivity index (χ1n) is 5.05. The molecule has 1 aliphatic rings. The van der Waals surface area contributed by atoms with Crippen LogP contribution in [0, 0.1) is 0 Å². The Bertz CT molecular complexity index is 325. The van der Waals surface area contributed by atoms with Crippen LogP contribution in [0.25, 0.3) is 0 Å². The Morgan fingerprint density at radius 2 is 2.29 bits per heavy atom. The number of β-amino-alcohol motifs (C(OH)–C–C–N with tert-alkyl or cyclic N) is 1. The van der Waals surface area contributed by atoms with Gasteiger partial charge < -0.3 is 15.7 Å². The summed E-state index contributed by atoms with van der Waals surface area (Å²) in [6, 6.07) is 6.02. The van der Waals surface area contributed by atoms with E-state index >= 15 is 0 Å². The number of benzene rings is 1. The van der Waals surface area contributed by atoms with E-state index in [2.05, 4.69) is 11.0 Å². The third-order valence-electron chi connectivity index (χ3n) is 2.69. The van der Waals surface area contributed by atoms with Crippen LogP contribution in [0.1, 0.15) is 12.0 Å². The lowest BCUT2D eigenvalue weighted by molar-refractivity contribution is 0.301. The van der Waals surface area contributed by atoms with Crippen LogP contribution in [0.15, 0.2) is 18.2 Å². The highest BCUT2D eigenvalue weighted by Crippen LogP contribution is 2.28. The van der Waals surface area contributed by atoms with Crippen LogP contribution in [0.3, 0.4) is 0 Å². The lowest BCUT2D eigenvalue weighted by atomic mass is 10.0. The van der Waals surface area contributed by atoms with E-state index < -0.39 is 0 Å². The van der Waals surface area contributed by atoms with Crippen molar-refractivity contribution in [1.82, 2.24) is 0 Å². The van der Waals surface area contributed by atoms with Crippen LogP contribution in [0.4, 0.5) is 11.4 Å². The second-order valence-corrected chi connectivity index (χ2v) is 3.70. The second-order valence-electron chi connectivity index (χ2n) is 3.70. The molecule has 3 N–H and O–H groups in total. The van der Waals surface area contributed by atoms with Crippen molar-refractivity contribution in [3.8, 4) is 0 Å². The third-order valence-corrected chi connectivity index (χ3v) is 2.69. The Morgan fingerprint density at radius 1 is 1.43 bits per heavy atom. The fourth-order valence-electron chi connectivity index (χ4n) is 2.05. The number of hydrogen-bond acceptors (Lipinski definition) is 3. The first kappa shape index (κ1) is 9.34. The maximum absolute atomic E-state index is 8.93. The number of nitrogen functional groups attached to an aromatic ring is 1. The number of rotatable bonds is 2. The van der Waals surface area contributed by atoms with Gasteiger partial charge in [0.15, 0.2) is 0 Å². The van der Waals surface area contributed by atoms with Crippen LogP contribution in [0.5, 0.6) is 0 Å². The maximum atomic E-state index is 8.93. The minimum absolute atomic E-state index is 0.212. The number of fused-ring (bicyclic) bond motifs is 1. The monoisotopic (exact) mass is 192 g/mol. The van der Waals surface area contributed by atoms with Gasteiger partial charge >= 0.3 is 0 Å². The molecular weight excluding hydrogens is 176 g/mol. The number of aliphatic hydroxyl groups is 1. The van der Waals surface area contributed by atoms with Crippen molar-refractivity contribution < 1.29 is 5.11 Å². The average Bonchev–Trinajstić information content (AvgIpc) is 2.18. The van der Waals surface area contributed by atoms with E-state index in [1.807, 2.05) is 12.1 Å². The van der Waals surface area contributed by atoms with Crippen LogP contribution in [-0.2, 0) is 6.42 Å². The van der Waals surface area contributed by atoms with E-state index in [0.717, 1.165) is 31.6 Å². The molecule has 0 saturated heterocycles. The molecule has 0 atom stereocenters. The Kier molecular flexibility index (Phi) is 2.59. The van der Waals surface area contributed by atoms with Crippen molar-refractivity contribution in [1.29, 1.82) is 0 Å². The molecule has 76 valence electrons. The first-order valence-corrected chi connectivity index (χ1v) is 5.05. The molecule has 0 radical (unpaired) electrons. The summed E-state index contributed by atoms with van der Waals surface area (Å²) in [5.41, 5.74) is 9.11. The number of nitrogens with zero attached hydrogens (tertiary/aromatic N) is 1. The molecule has 1 aliphatic heterocycles. The molecule has 0 unspecified atom stereocenters. The molecule has 0 aromatic heterocycles. The quantitative estimate of drug-likeness (QED) is 0.688. The van der Waals surface area contributed by atoms with Crippen molar-refractivity contribution in [2.45, 2.75) is 12.8 Å². The molecule has 0 spiro atoms. The average molecular weight is 192 g/mol. The summed E-state index contributed by atoms with van der Waals surface area (Å²) in [6.45, 7) is 1.97. The first-order chi connectivity index (χ1) is 6.81. The molecule has 0 bridgehead atoms. The van der Waals surface area contributed by atoms with Crippen LogP contribution in [0.2, 0.25) is 0 Å². The predicted octanol–water partition coefficient (Wildman–Crippen LogP) is 1.01. The number of nitrogens with two attached hydrogens (primary N) is 1. The van der Waals surface area contributed by atoms with Crippen molar-refractivity contribution in [2.24, 2.45) is 0 Å². The Hall–Kier alpha value is -1.22. The molecule has 0 aliphatic carbocycles. The van der Waals surface area contributed by atoms with Gasteiger partial charge in [-0.25, -0.2) is 0 Å². The lowest BCUT2D eigenvalue weighted by Gasteiger charge is -2.30. The molecule has 1 heterocycles.